The largest absolute Gasteiger partial charge is 0.295 e. The van der Waals surface area contributed by atoms with Crippen molar-refractivity contribution in [1.29, 1.82) is 0 Å². The molecule has 0 radical (unpaired) electrons. The van der Waals surface area contributed by atoms with E-state index in [1.807, 2.05) is 6.07 Å². The first-order valence-electron chi connectivity index (χ1n) is 7.26. The zero-order valence-electron chi connectivity index (χ0n) is 12.9. The first-order valence-corrected chi connectivity index (χ1v) is 8.08. The van der Waals surface area contributed by atoms with Gasteiger partial charge in [-0.2, -0.15) is 0 Å². The van der Waals surface area contributed by atoms with Crippen molar-refractivity contribution in [1.82, 2.24) is 4.90 Å². The van der Waals surface area contributed by atoms with E-state index >= 15 is 0 Å². The minimum Gasteiger partial charge on any atom is -0.295 e. The van der Waals surface area contributed by atoms with Gasteiger partial charge in [0.15, 0.2) is 5.78 Å². The van der Waals surface area contributed by atoms with Crippen LogP contribution < -0.4 is 0 Å². The summed E-state index contributed by atoms with van der Waals surface area (Å²) in [5, 5.41) is 0. The van der Waals surface area contributed by atoms with E-state index < -0.39 is 0 Å². The third-order valence-corrected chi connectivity index (χ3v) is 4.17. The fourth-order valence-corrected chi connectivity index (χ4v) is 3.11. The summed E-state index contributed by atoms with van der Waals surface area (Å²) in [5.41, 5.74) is 0. The normalized spacial score (nSPS) is 11.8. The summed E-state index contributed by atoms with van der Waals surface area (Å²) in [6.45, 7) is 13.5. The molecule has 0 spiro atoms. The smallest absolute Gasteiger partial charge is 0.186 e. The lowest BCUT2D eigenvalue weighted by Crippen LogP contribution is -2.35. The molecule has 19 heavy (non-hydrogen) atoms. The van der Waals surface area contributed by atoms with E-state index in [1.54, 1.807) is 11.3 Å². The van der Waals surface area contributed by atoms with E-state index in [1.165, 1.54) is 4.88 Å². The first kappa shape index (κ1) is 16.4. The average Bonchev–Trinajstić information content (AvgIpc) is 2.75. The van der Waals surface area contributed by atoms with Gasteiger partial charge >= 0.3 is 0 Å². The predicted molar refractivity (Wildman–Crippen MR) is 84.1 cm³/mol. The Labute approximate surface area is 121 Å². The van der Waals surface area contributed by atoms with Gasteiger partial charge in [-0.25, -0.2) is 0 Å². The van der Waals surface area contributed by atoms with Crippen molar-refractivity contribution in [2.24, 2.45) is 11.8 Å². The predicted octanol–water partition coefficient (Wildman–Crippen LogP) is 4.11. The molecule has 1 aromatic rings. The van der Waals surface area contributed by atoms with Crippen molar-refractivity contribution >= 4 is 17.1 Å². The summed E-state index contributed by atoms with van der Waals surface area (Å²) < 4.78 is 0. The number of thiophene rings is 1. The molecule has 0 unspecified atom stereocenters. The van der Waals surface area contributed by atoms with Gasteiger partial charge in [0.05, 0.1) is 11.4 Å². The number of hydrogen-bond donors (Lipinski definition) is 0. The number of Topliss-reactive ketones (excluding diaryl/α,β-unsaturated/α-hetero) is 1. The molecule has 108 valence electrons. The zero-order chi connectivity index (χ0) is 14.4. The Hall–Kier alpha value is -0.670. The zero-order valence-corrected chi connectivity index (χ0v) is 13.7. The highest BCUT2D eigenvalue weighted by Crippen LogP contribution is 2.18. The molecule has 0 saturated carbocycles. The average molecular weight is 281 g/mol. The molecule has 0 saturated heterocycles. The maximum absolute atomic E-state index is 12.3. The molecular weight excluding hydrogens is 254 g/mol. The number of aryl methyl sites for hydroxylation is 1. The molecule has 0 aliphatic rings. The Morgan fingerprint density at radius 3 is 2.16 bits per heavy atom. The van der Waals surface area contributed by atoms with Crippen molar-refractivity contribution in [2.75, 3.05) is 19.6 Å². The second-order valence-corrected chi connectivity index (χ2v) is 7.19. The van der Waals surface area contributed by atoms with Crippen molar-refractivity contribution in [3.8, 4) is 0 Å². The third-order valence-electron chi connectivity index (χ3n) is 2.90. The van der Waals surface area contributed by atoms with Crippen LogP contribution in [0.15, 0.2) is 12.1 Å². The van der Waals surface area contributed by atoms with E-state index in [2.05, 4.69) is 45.6 Å². The van der Waals surface area contributed by atoms with Crippen LogP contribution in [-0.4, -0.2) is 30.3 Å². The van der Waals surface area contributed by atoms with Gasteiger partial charge in [-0.05, 0) is 30.4 Å². The number of carbonyl (C=O) groups is 1. The second kappa shape index (κ2) is 7.81. The number of carbonyl (C=O) groups excluding carboxylic acids is 1. The van der Waals surface area contributed by atoms with Crippen LogP contribution >= 0.6 is 11.3 Å². The monoisotopic (exact) mass is 281 g/mol. The molecule has 3 heteroatoms. The van der Waals surface area contributed by atoms with Gasteiger partial charge in [0.2, 0.25) is 0 Å². The topological polar surface area (TPSA) is 20.3 Å². The summed E-state index contributed by atoms with van der Waals surface area (Å²) in [6.07, 6.45) is 1.01. The van der Waals surface area contributed by atoms with Crippen LogP contribution in [0.1, 0.15) is 49.2 Å². The van der Waals surface area contributed by atoms with E-state index in [-0.39, 0.29) is 5.78 Å². The molecule has 2 nitrogen and oxygen atoms in total. The highest BCUT2D eigenvalue weighted by atomic mass is 32.1. The Morgan fingerprint density at radius 2 is 1.74 bits per heavy atom. The summed E-state index contributed by atoms with van der Waals surface area (Å²) in [5.74, 6) is 1.47. The van der Waals surface area contributed by atoms with E-state index in [4.69, 9.17) is 0 Å². The Balaban J connectivity index is 2.64. The van der Waals surface area contributed by atoms with Crippen LogP contribution in [0.5, 0.6) is 0 Å². The standard InChI is InChI=1S/C16H27NOS/c1-6-14-7-8-16(19-14)15(18)11-17(9-12(2)3)10-13(4)5/h7-8,12-13H,6,9-11H2,1-5H3. The van der Waals surface area contributed by atoms with Crippen molar-refractivity contribution < 1.29 is 4.79 Å². The molecular formula is C16H27NOS. The minimum atomic E-state index is 0.269. The van der Waals surface area contributed by atoms with E-state index in [0.29, 0.717) is 18.4 Å². The maximum atomic E-state index is 12.3. The molecule has 0 fully saturated rings. The fraction of sp³-hybridized carbons (Fsp3) is 0.688. The Bertz CT molecular complexity index is 385. The van der Waals surface area contributed by atoms with Crippen molar-refractivity contribution in [2.45, 2.75) is 41.0 Å². The second-order valence-electron chi connectivity index (χ2n) is 6.02. The Morgan fingerprint density at radius 1 is 1.16 bits per heavy atom. The highest BCUT2D eigenvalue weighted by Gasteiger charge is 2.16. The van der Waals surface area contributed by atoms with Crippen LogP contribution in [0.25, 0.3) is 0 Å². The molecule has 0 aliphatic carbocycles. The van der Waals surface area contributed by atoms with Crippen LogP contribution in [0.3, 0.4) is 0 Å². The Kier molecular flexibility index (Phi) is 6.73. The maximum Gasteiger partial charge on any atom is 0.186 e. The van der Waals surface area contributed by atoms with E-state index in [0.717, 1.165) is 24.4 Å². The molecule has 1 aromatic heterocycles. The molecule has 0 aliphatic heterocycles. The molecule has 1 rings (SSSR count). The summed E-state index contributed by atoms with van der Waals surface area (Å²) in [7, 11) is 0. The molecule has 0 N–H and O–H groups in total. The first-order chi connectivity index (χ1) is 8.92. The van der Waals surface area contributed by atoms with Crippen molar-refractivity contribution in [3.63, 3.8) is 0 Å². The van der Waals surface area contributed by atoms with Gasteiger partial charge in [-0.3, -0.25) is 9.69 Å². The number of hydrogen-bond acceptors (Lipinski definition) is 3. The highest BCUT2D eigenvalue weighted by molar-refractivity contribution is 7.14. The quantitative estimate of drug-likeness (QED) is 0.668. The van der Waals surface area contributed by atoms with Gasteiger partial charge in [0.25, 0.3) is 0 Å². The molecule has 0 aromatic carbocycles. The summed E-state index contributed by atoms with van der Waals surface area (Å²) in [6, 6.07) is 4.06. The number of rotatable bonds is 8. The lowest BCUT2D eigenvalue weighted by molar-refractivity contribution is 0.0916. The van der Waals surface area contributed by atoms with Crippen molar-refractivity contribution in [3.05, 3.63) is 21.9 Å². The van der Waals surface area contributed by atoms with Crippen LogP contribution in [0.4, 0.5) is 0 Å². The molecule has 0 bridgehead atoms. The fourth-order valence-electron chi connectivity index (χ4n) is 2.24. The SMILES string of the molecule is CCc1ccc(C(=O)CN(CC(C)C)CC(C)C)s1. The van der Waals surface area contributed by atoms with Crippen LogP contribution in [-0.2, 0) is 6.42 Å². The molecule has 1 heterocycles. The molecule has 0 atom stereocenters. The molecule has 0 amide bonds. The van der Waals surface area contributed by atoms with Gasteiger partial charge in [-0.15, -0.1) is 11.3 Å². The minimum absolute atomic E-state index is 0.269. The third kappa shape index (κ3) is 5.87. The van der Waals surface area contributed by atoms with Gasteiger partial charge in [0.1, 0.15) is 0 Å². The van der Waals surface area contributed by atoms with Gasteiger partial charge in [-0.1, -0.05) is 34.6 Å². The van der Waals surface area contributed by atoms with Gasteiger partial charge in [0, 0.05) is 18.0 Å². The van der Waals surface area contributed by atoms with Crippen LogP contribution in [0.2, 0.25) is 0 Å². The van der Waals surface area contributed by atoms with Gasteiger partial charge < -0.3 is 0 Å². The van der Waals surface area contributed by atoms with E-state index in [9.17, 15) is 4.79 Å². The lowest BCUT2D eigenvalue weighted by Gasteiger charge is -2.25. The lowest BCUT2D eigenvalue weighted by atomic mass is 10.1. The summed E-state index contributed by atoms with van der Waals surface area (Å²) >= 11 is 1.64. The number of ketones is 1. The van der Waals surface area contributed by atoms with Crippen LogP contribution in [0, 0.1) is 11.8 Å². The number of nitrogens with zero attached hydrogens (tertiary/aromatic N) is 1. The summed E-state index contributed by atoms with van der Waals surface area (Å²) in [4.78, 5) is 16.8.